The summed E-state index contributed by atoms with van der Waals surface area (Å²) in [5, 5.41) is 7.88. The minimum Gasteiger partial charge on any atom is -0.309 e. The van der Waals surface area contributed by atoms with Gasteiger partial charge in [0, 0.05) is 31.4 Å². The smallest absolute Gasteiger partial charge is 0.0534 e. The molecule has 1 aliphatic rings. The standard InChI is InChI=1S/C13H23N3/c1-13(2)7-5-4-6-12(13)14-8-11-9-15-16(3)10-11/h9-10,12,14H,4-8H2,1-3H3. The van der Waals surface area contributed by atoms with E-state index in [1.165, 1.54) is 31.2 Å². The molecule has 1 aliphatic carbocycles. The Bertz CT molecular complexity index is 341. The molecule has 1 aromatic rings. The van der Waals surface area contributed by atoms with E-state index in [0.29, 0.717) is 11.5 Å². The van der Waals surface area contributed by atoms with Gasteiger partial charge in [-0.2, -0.15) is 5.10 Å². The highest BCUT2D eigenvalue weighted by molar-refractivity contribution is 5.03. The van der Waals surface area contributed by atoms with Crippen molar-refractivity contribution in [1.29, 1.82) is 0 Å². The summed E-state index contributed by atoms with van der Waals surface area (Å²) in [5.41, 5.74) is 1.73. The molecule has 3 heteroatoms. The number of aromatic nitrogens is 2. The first-order valence-electron chi connectivity index (χ1n) is 6.29. The van der Waals surface area contributed by atoms with E-state index in [1.807, 2.05) is 17.9 Å². The third-order valence-corrected chi connectivity index (χ3v) is 3.82. The molecule has 1 aromatic heterocycles. The van der Waals surface area contributed by atoms with Crippen molar-refractivity contribution in [1.82, 2.24) is 15.1 Å². The zero-order valence-corrected chi connectivity index (χ0v) is 10.7. The lowest BCUT2D eigenvalue weighted by Crippen LogP contribution is -2.43. The Morgan fingerprint density at radius 2 is 2.31 bits per heavy atom. The molecule has 1 saturated carbocycles. The van der Waals surface area contributed by atoms with Gasteiger partial charge < -0.3 is 5.32 Å². The molecule has 0 aliphatic heterocycles. The summed E-state index contributed by atoms with van der Waals surface area (Å²) < 4.78 is 1.86. The number of hydrogen-bond acceptors (Lipinski definition) is 2. The normalized spacial score (nSPS) is 24.6. The van der Waals surface area contributed by atoms with Crippen molar-refractivity contribution in [2.75, 3.05) is 0 Å². The molecule has 1 fully saturated rings. The van der Waals surface area contributed by atoms with E-state index >= 15 is 0 Å². The maximum absolute atomic E-state index is 4.19. The monoisotopic (exact) mass is 221 g/mol. The summed E-state index contributed by atoms with van der Waals surface area (Å²) in [6.45, 7) is 5.71. The molecule has 0 aromatic carbocycles. The minimum absolute atomic E-state index is 0.445. The van der Waals surface area contributed by atoms with Gasteiger partial charge in [0.2, 0.25) is 0 Å². The van der Waals surface area contributed by atoms with Gasteiger partial charge in [-0.1, -0.05) is 26.7 Å². The molecule has 1 heterocycles. The zero-order valence-electron chi connectivity index (χ0n) is 10.7. The maximum atomic E-state index is 4.19. The van der Waals surface area contributed by atoms with Gasteiger partial charge in [-0.05, 0) is 18.3 Å². The number of rotatable bonds is 3. The van der Waals surface area contributed by atoms with E-state index in [-0.39, 0.29) is 0 Å². The Balaban J connectivity index is 1.89. The van der Waals surface area contributed by atoms with E-state index < -0.39 is 0 Å². The van der Waals surface area contributed by atoms with Crippen molar-refractivity contribution < 1.29 is 0 Å². The van der Waals surface area contributed by atoms with Crippen molar-refractivity contribution in [2.45, 2.75) is 52.1 Å². The summed E-state index contributed by atoms with van der Waals surface area (Å²) in [6, 6.07) is 0.654. The van der Waals surface area contributed by atoms with Gasteiger partial charge in [0.15, 0.2) is 0 Å². The lowest BCUT2D eigenvalue weighted by molar-refractivity contribution is 0.167. The van der Waals surface area contributed by atoms with E-state index in [2.05, 4.69) is 30.5 Å². The molecule has 0 saturated heterocycles. The van der Waals surface area contributed by atoms with Crippen LogP contribution in [0.4, 0.5) is 0 Å². The Morgan fingerprint density at radius 3 is 2.94 bits per heavy atom. The number of nitrogens with zero attached hydrogens (tertiary/aromatic N) is 2. The van der Waals surface area contributed by atoms with Crippen LogP contribution in [-0.2, 0) is 13.6 Å². The van der Waals surface area contributed by atoms with E-state index in [9.17, 15) is 0 Å². The summed E-state index contributed by atoms with van der Waals surface area (Å²) in [7, 11) is 1.97. The third kappa shape index (κ3) is 2.64. The molecular weight excluding hydrogens is 198 g/mol. The molecule has 1 atom stereocenters. The highest BCUT2D eigenvalue weighted by Gasteiger charge is 2.31. The quantitative estimate of drug-likeness (QED) is 0.850. The van der Waals surface area contributed by atoms with Gasteiger partial charge in [0.1, 0.15) is 0 Å². The van der Waals surface area contributed by atoms with Crippen LogP contribution in [0.25, 0.3) is 0 Å². The van der Waals surface area contributed by atoms with Crippen molar-refractivity contribution in [3.05, 3.63) is 18.0 Å². The summed E-state index contributed by atoms with van der Waals surface area (Å²) in [6.07, 6.45) is 9.45. The SMILES string of the molecule is Cn1cc(CNC2CCCCC2(C)C)cn1. The fourth-order valence-corrected chi connectivity index (χ4v) is 2.68. The molecule has 0 bridgehead atoms. The first-order chi connectivity index (χ1) is 7.58. The largest absolute Gasteiger partial charge is 0.309 e. The van der Waals surface area contributed by atoms with E-state index in [0.717, 1.165) is 6.54 Å². The molecule has 3 nitrogen and oxygen atoms in total. The average molecular weight is 221 g/mol. The Hall–Kier alpha value is -0.830. The fraction of sp³-hybridized carbons (Fsp3) is 0.769. The van der Waals surface area contributed by atoms with E-state index in [1.54, 1.807) is 0 Å². The van der Waals surface area contributed by atoms with Crippen LogP contribution >= 0.6 is 0 Å². The zero-order chi connectivity index (χ0) is 11.6. The minimum atomic E-state index is 0.445. The van der Waals surface area contributed by atoms with Crippen LogP contribution in [0.1, 0.15) is 45.1 Å². The fourth-order valence-electron chi connectivity index (χ4n) is 2.68. The van der Waals surface area contributed by atoms with Crippen LogP contribution in [0.2, 0.25) is 0 Å². The van der Waals surface area contributed by atoms with Crippen LogP contribution in [0.15, 0.2) is 12.4 Å². The highest BCUT2D eigenvalue weighted by Crippen LogP contribution is 2.35. The van der Waals surface area contributed by atoms with Gasteiger partial charge in [-0.3, -0.25) is 4.68 Å². The van der Waals surface area contributed by atoms with Crippen LogP contribution in [0.5, 0.6) is 0 Å². The third-order valence-electron chi connectivity index (χ3n) is 3.82. The molecule has 0 amide bonds. The average Bonchev–Trinajstić information content (AvgIpc) is 2.62. The van der Waals surface area contributed by atoms with Crippen molar-refractivity contribution in [3.63, 3.8) is 0 Å². The molecule has 90 valence electrons. The molecule has 16 heavy (non-hydrogen) atoms. The van der Waals surface area contributed by atoms with Crippen molar-refractivity contribution in [2.24, 2.45) is 12.5 Å². The van der Waals surface area contributed by atoms with Crippen molar-refractivity contribution >= 4 is 0 Å². The summed E-state index contributed by atoms with van der Waals surface area (Å²) >= 11 is 0. The Kier molecular flexibility index (Phi) is 3.33. The van der Waals surface area contributed by atoms with Gasteiger partial charge in [-0.15, -0.1) is 0 Å². The predicted molar refractivity (Wildman–Crippen MR) is 66.1 cm³/mol. The second-order valence-corrected chi connectivity index (χ2v) is 5.69. The molecule has 0 spiro atoms. The Morgan fingerprint density at radius 1 is 1.50 bits per heavy atom. The van der Waals surface area contributed by atoms with Gasteiger partial charge >= 0.3 is 0 Å². The van der Waals surface area contributed by atoms with Crippen LogP contribution in [0.3, 0.4) is 0 Å². The van der Waals surface area contributed by atoms with Crippen LogP contribution in [0, 0.1) is 5.41 Å². The predicted octanol–water partition coefficient (Wildman–Crippen LogP) is 2.48. The van der Waals surface area contributed by atoms with E-state index in [4.69, 9.17) is 0 Å². The molecule has 1 unspecified atom stereocenters. The molecule has 0 radical (unpaired) electrons. The van der Waals surface area contributed by atoms with Gasteiger partial charge in [0.05, 0.1) is 6.20 Å². The Labute approximate surface area is 98.2 Å². The maximum Gasteiger partial charge on any atom is 0.0534 e. The topological polar surface area (TPSA) is 29.9 Å². The number of hydrogen-bond donors (Lipinski definition) is 1. The second kappa shape index (κ2) is 4.58. The van der Waals surface area contributed by atoms with Gasteiger partial charge in [0.25, 0.3) is 0 Å². The summed E-state index contributed by atoms with van der Waals surface area (Å²) in [5.74, 6) is 0. The van der Waals surface area contributed by atoms with Crippen LogP contribution in [-0.4, -0.2) is 15.8 Å². The molecule has 2 rings (SSSR count). The molecular formula is C13H23N3. The lowest BCUT2D eigenvalue weighted by Gasteiger charge is -2.39. The first-order valence-corrected chi connectivity index (χ1v) is 6.29. The number of nitrogens with one attached hydrogen (secondary N) is 1. The van der Waals surface area contributed by atoms with Crippen molar-refractivity contribution in [3.8, 4) is 0 Å². The number of aryl methyl sites for hydroxylation is 1. The lowest BCUT2D eigenvalue weighted by atomic mass is 9.73. The van der Waals surface area contributed by atoms with Gasteiger partial charge in [-0.25, -0.2) is 0 Å². The molecule has 1 N–H and O–H groups in total. The first kappa shape index (κ1) is 11.6. The second-order valence-electron chi connectivity index (χ2n) is 5.69. The van der Waals surface area contributed by atoms with Crippen LogP contribution < -0.4 is 5.32 Å². The summed E-state index contributed by atoms with van der Waals surface area (Å²) in [4.78, 5) is 0. The highest BCUT2D eigenvalue weighted by atomic mass is 15.2.